The molecule has 10 rings (SSSR count). The first-order valence-electron chi connectivity index (χ1n) is 20.2. The zero-order valence-electron chi connectivity index (χ0n) is 34.1. The summed E-state index contributed by atoms with van der Waals surface area (Å²) < 4.78 is 2.34. The molecule has 57 heavy (non-hydrogen) atoms. The van der Waals surface area contributed by atoms with Crippen molar-refractivity contribution < 1.29 is 0 Å². The van der Waals surface area contributed by atoms with Crippen LogP contribution in [0.25, 0.3) is 93.5 Å². The fourth-order valence-corrected chi connectivity index (χ4v) is 9.87. The third-order valence-electron chi connectivity index (χ3n) is 13.4. The van der Waals surface area contributed by atoms with Crippen LogP contribution in [-0.4, -0.2) is 72.3 Å². The Labute approximate surface area is 341 Å². The maximum atomic E-state index is 5.44. The largest absolute Gasteiger partial charge is 0.292 e. The van der Waals surface area contributed by atoms with E-state index in [0.717, 1.165) is 28.1 Å². The van der Waals surface area contributed by atoms with Gasteiger partial charge in [-0.3, -0.25) is 4.57 Å². The standard InChI is InChI=1S/C47H38B8N2/c48-39-35-33(28-18-8-9-19-29(28)47-56-31-20-10-11-21-32(31)57(47)24-13-2-1-3-14-24)36-38(42(51)46(55)44(53)40(36)49)34(37(35)41(50)45(54)43(39)52)30-22-23-12-4-5-15-25(23)26-16-6-7-17-27(26)30/h1-22H,48-55H2. The number of hydrogen-bond acceptors (Lipinski definition) is 1. The van der Waals surface area contributed by atoms with E-state index in [0.29, 0.717) is 0 Å². The van der Waals surface area contributed by atoms with E-state index >= 15 is 0 Å². The molecule has 260 valence electrons. The summed E-state index contributed by atoms with van der Waals surface area (Å²) in [5.41, 5.74) is 20.2. The predicted octanol–water partition coefficient (Wildman–Crippen LogP) is -1.29. The minimum Gasteiger partial charge on any atom is -0.292 e. The van der Waals surface area contributed by atoms with Gasteiger partial charge in [-0.25, -0.2) is 4.98 Å². The molecule has 0 saturated heterocycles. The molecule has 0 aliphatic heterocycles. The van der Waals surface area contributed by atoms with Gasteiger partial charge in [0.2, 0.25) is 0 Å². The van der Waals surface area contributed by atoms with E-state index in [1.807, 2.05) is 0 Å². The van der Waals surface area contributed by atoms with E-state index in [1.165, 1.54) is 109 Å². The van der Waals surface area contributed by atoms with Crippen LogP contribution in [0.1, 0.15) is 0 Å². The average molecular weight is 717 g/mol. The lowest BCUT2D eigenvalue weighted by Gasteiger charge is -2.29. The lowest BCUT2D eigenvalue weighted by Crippen LogP contribution is -2.50. The smallest absolute Gasteiger partial charge is 0.146 e. The topological polar surface area (TPSA) is 17.8 Å². The molecule has 1 aromatic heterocycles. The molecule has 0 spiro atoms. The molecule has 0 radical (unpaired) electrons. The van der Waals surface area contributed by atoms with E-state index in [1.54, 1.807) is 0 Å². The summed E-state index contributed by atoms with van der Waals surface area (Å²) in [7, 11) is 18.7. The van der Waals surface area contributed by atoms with E-state index in [9.17, 15) is 0 Å². The Kier molecular flexibility index (Phi) is 8.27. The highest BCUT2D eigenvalue weighted by Gasteiger charge is 2.28. The first kappa shape index (κ1) is 35.4. The van der Waals surface area contributed by atoms with Gasteiger partial charge in [0.25, 0.3) is 0 Å². The summed E-state index contributed by atoms with van der Waals surface area (Å²) in [6.45, 7) is 0. The summed E-state index contributed by atoms with van der Waals surface area (Å²) in [4.78, 5) is 5.44. The molecule has 0 saturated carbocycles. The minimum atomic E-state index is 0.945. The lowest BCUT2D eigenvalue weighted by atomic mass is 9.59. The molecule has 0 atom stereocenters. The fourth-order valence-electron chi connectivity index (χ4n) is 9.87. The SMILES string of the molecule is Bc1c(B)c(B)c2c(-c3cc4ccccc4c4ccccc34)c3c(B)c(B)c(B)c(B)c3c(-c3ccccc3-c3nc4ccccc4n3-c3ccccc3)c2c1B. The van der Waals surface area contributed by atoms with E-state index in [2.05, 4.69) is 201 Å². The number of para-hydroxylation sites is 3. The monoisotopic (exact) mass is 718 g/mol. The number of imidazole rings is 1. The fraction of sp³-hybridized carbons (Fsp3) is 0. The van der Waals surface area contributed by atoms with Crippen LogP contribution in [-0.2, 0) is 0 Å². The normalized spacial score (nSPS) is 11.7. The number of benzene rings is 9. The Morgan fingerprint density at radius 2 is 0.825 bits per heavy atom. The molecule has 0 amide bonds. The van der Waals surface area contributed by atoms with Gasteiger partial charge in [-0.05, 0) is 95.7 Å². The molecule has 2 nitrogen and oxygen atoms in total. The number of fused-ring (bicyclic) bond motifs is 6. The first-order chi connectivity index (χ1) is 27.7. The maximum Gasteiger partial charge on any atom is 0.146 e. The lowest BCUT2D eigenvalue weighted by molar-refractivity contribution is 1.10. The molecular weight excluding hydrogens is 679 g/mol. The van der Waals surface area contributed by atoms with Crippen LogP contribution in [0.15, 0.2) is 133 Å². The van der Waals surface area contributed by atoms with Crippen molar-refractivity contribution in [3.8, 4) is 39.3 Å². The van der Waals surface area contributed by atoms with Crippen LogP contribution in [0.5, 0.6) is 0 Å². The van der Waals surface area contributed by atoms with Crippen LogP contribution < -0.4 is 43.7 Å². The number of nitrogens with zero attached hydrogens (tertiary/aromatic N) is 2. The van der Waals surface area contributed by atoms with Crippen molar-refractivity contribution in [2.24, 2.45) is 0 Å². The Balaban J connectivity index is 1.47. The highest BCUT2D eigenvalue weighted by molar-refractivity contribution is 6.71. The van der Waals surface area contributed by atoms with Gasteiger partial charge in [0.15, 0.2) is 0 Å². The highest BCUT2D eigenvalue weighted by Crippen LogP contribution is 2.46. The average Bonchev–Trinajstić information content (AvgIpc) is 3.65. The Bertz CT molecular complexity index is 3260. The van der Waals surface area contributed by atoms with Gasteiger partial charge in [-0.2, -0.15) is 0 Å². The molecule has 1 heterocycles. The zero-order valence-corrected chi connectivity index (χ0v) is 34.1. The molecule has 10 heteroatoms. The van der Waals surface area contributed by atoms with E-state index in [4.69, 9.17) is 4.98 Å². The van der Waals surface area contributed by atoms with Gasteiger partial charge < -0.3 is 0 Å². The van der Waals surface area contributed by atoms with Crippen molar-refractivity contribution in [3.05, 3.63) is 133 Å². The summed E-state index contributed by atoms with van der Waals surface area (Å²) in [5.74, 6) is 0.945. The van der Waals surface area contributed by atoms with Gasteiger partial charge in [0, 0.05) is 11.3 Å². The second-order valence-electron chi connectivity index (χ2n) is 16.1. The van der Waals surface area contributed by atoms with Crippen molar-refractivity contribution in [1.82, 2.24) is 9.55 Å². The Morgan fingerprint density at radius 3 is 1.44 bits per heavy atom. The van der Waals surface area contributed by atoms with E-state index in [-0.39, 0.29) is 0 Å². The van der Waals surface area contributed by atoms with Crippen LogP contribution in [0.4, 0.5) is 0 Å². The van der Waals surface area contributed by atoms with Crippen LogP contribution >= 0.6 is 0 Å². The van der Waals surface area contributed by atoms with Crippen molar-refractivity contribution >= 4 is 161 Å². The zero-order chi connectivity index (χ0) is 39.3. The van der Waals surface area contributed by atoms with Crippen molar-refractivity contribution in [1.29, 1.82) is 0 Å². The quantitative estimate of drug-likeness (QED) is 0.126. The summed E-state index contributed by atoms with van der Waals surface area (Å²) >= 11 is 0. The number of hydrogen-bond donors (Lipinski definition) is 0. The molecule has 0 fully saturated rings. The van der Waals surface area contributed by atoms with Crippen molar-refractivity contribution in [3.63, 3.8) is 0 Å². The highest BCUT2D eigenvalue weighted by atomic mass is 15.1. The first-order valence-corrected chi connectivity index (χ1v) is 20.2. The van der Waals surface area contributed by atoms with Gasteiger partial charge in [0.1, 0.15) is 68.6 Å². The summed E-state index contributed by atoms with van der Waals surface area (Å²) in [6, 6.07) is 48.6. The predicted molar refractivity (Wildman–Crippen MR) is 273 cm³/mol. The second kappa shape index (κ2) is 13.3. The van der Waals surface area contributed by atoms with Gasteiger partial charge in [-0.1, -0.05) is 125 Å². The number of aromatic nitrogens is 2. The molecule has 10 aromatic rings. The minimum absolute atomic E-state index is 0.945. The molecule has 9 aromatic carbocycles. The Hall–Kier alpha value is -5.99. The summed E-state index contributed by atoms with van der Waals surface area (Å²) in [5, 5.41) is 10.5. The molecule has 0 unspecified atom stereocenters. The van der Waals surface area contributed by atoms with Crippen molar-refractivity contribution in [2.45, 2.75) is 0 Å². The maximum absolute atomic E-state index is 5.44. The van der Waals surface area contributed by atoms with Crippen LogP contribution in [0.2, 0.25) is 0 Å². The van der Waals surface area contributed by atoms with Gasteiger partial charge >= 0.3 is 0 Å². The molecular formula is C47H38B8N2. The van der Waals surface area contributed by atoms with Gasteiger partial charge in [-0.15, -0.1) is 21.9 Å². The van der Waals surface area contributed by atoms with Crippen LogP contribution in [0.3, 0.4) is 0 Å². The third kappa shape index (κ3) is 5.12. The number of rotatable bonds is 4. The van der Waals surface area contributed by atoms with Crippen LogP contribution in [0, 0.1) is 0 Å². The van der Waals surface area contributed by atoms with E-state index < -0.39 is 0 Å². The molecule has 0 aliphatic carbocycles. The summed E-state index contributed by atoms with van der Waals surface area (Å²) in [6.07, 6.45) is 0. The third-order valence-corrected chi connectivity index (χ3v) is 13.4. The molecule has 0 aliphatic rings. The Morgan fingerprint density at radius 1 is 0.368 bits per heavy atom. The molecule has 0 bridgehead atoms. The molecule has 0 N–H and O–H groups in total. The van der Waals surface area contributed by atoms with Crippen molar-refractivity contribution in [2.75, 3.05) is 0 Å². The second-order valence-corrected chi connectivity index (χ2v) is 16.1. The van der Waals surface area contributed by atoms with Gasteiger partial charge in [0.05, 0.1) is 11.0 Å².